The van der Waals surface area contributed by atoms with E-state index >= 15 is 0 Å². The third-order valence-electron chi connectivity index (χ3n) is 4.84. The Morgan fingerprint density at radius 3 is 2.64 bits per heavy atom. The molecule has 3 heterocycles. The van der Waals surface area contributed by atoms with Crippen molar-refractivity contribution in [3.8, 4) is 11.5 Å². The highest BCUT2D eigenvalue weighted by molar-refractivity contribution is 5.96. The lowest BCUT2D eigenvalue weighted by atomic mass is 10.1. The van der Waals surface area contributed by atoms with Crippen LogP contribution in [-0.2, 0) is 6.54 Å². The molecule has 1 fully saturated rings. The lowest BCUT2D eigenvalue weighted by Gasteiger charge is -2.34. The predicted molar refractivity (Wildman–Crippen MR) is 91.8 cm³/mol. The summed E-state index contributed by atoms with van der Waals surface area (Å²) in [5.41, 5.74) is 3.52. The fraction of sp³-hybridized carbons (Fsp3) is 0.444. The van der Waals surface area contributed by atoms with E-state index in [0.717, 1.165) is 55.6 Å². The van der Waals surface area contributed by atoms with Gasteiger partial charge in [0.25, 0.3) is 5.91 Å². The molecular formula is C18H22N4O3. The van der Waals surface area contributed by atoms with Crippen LogP contribution >= 0.6 is 0 Å². The zero-order chi connectivity index (χ0) is 17.4. The smallest absolute Gasteiger partial charge is 0.257 e. The Morgan fingerprint density at radius 2 is 1.92 bits per heavy atom. The Labute approximate surface area is 146 Å². The van der Waals surface area contributed by atoms with E-state index in [1.165, 1.54) is 5.56 Å². The van der Waals surface area contributed by atoms with E-state index in [2.05, 4.69) is 21.2 Å². The van der Waals surface area contributed by atoms with E-state index in [9.17, 15) is 4.79 Å². The lowest BCUT2D eigenvalue weighted by Crippen LogP contribution is -2.48. The summed E-state index contributed by atoms with van der Waals surface area (Å²) >= 11 is 0. The number of ether oxygens (including phenoxy) is 2. The van der Waals surface area contributed by atoms with Crippen molar-refractivity contribution in [3.63, 3.8) is 0 Å². The number of fused-ring (bicyclic) bond motifs is 1. The van der Waals surface area contributed by atoms with Gasteiger partial charge < -0.3 is 14.4 Å². The van der Waals surface area contributed by atoms with Crippen LogP contribution in [0.2, 0.25) is 0 Å². The molecule has 7 heteroatoms. The molecule has 0 unspecified atom stereocenters. The van der Waals surface area contributed by atoms with Crippen molar-refractivity contribution >= 4 is 5.91 Å². The number of aromatic nitrogens is 2. The molecule has 1 saturated heterocycles. The molecule has 4 rings (SSSR count). The number of piperazine rings is 1. The Hall–Kier alpha value is -2.54. The number of hydrogen-bond acceptors (Lipinski definition) is 5. The van der Waals surface area contributed by atoms with Crippen molar-refractivity contribution in [3.05, 3.63) is 40.7 Å². The van der Waals surface area contributed by atoms with Gasteiger partial charge in [-0.05, 0) is 31.5 Å². The summed E-state index contributed by atoms with van der Waals surface area (Å²) in [5, 5.41) is 7.02. The summed E-state index contributed by atoms with van der Waals surface area (Å²) in [4.78, 5) is 17.0. The number of H-pyrrole nitrogens is 1. The average molecular weight is 342 g/mol. The largest absolute Gasteiger partial charge is 0.454 e. The van der Waals surface area contributed by atoms with Gasteiger partial charge in [0.15, 0.2) is 11.5 Å². The van der Waals surface area contributed by atoms with Crippen LogP contribution in [0.1, 0.15) is 27.3 Å². The zero-order valence-corrected chi connectivity index (χ0v) is 14.5. The fourth-order valence-electron chi connectivity index (χ4n) is 3.43. The van der Waals surface area contributed by atoms with Crippen molar-refractivity contribution < 1.29 is 14.3 Å². The van der Waals surface area contributed by atoms with Crippen molar-refractivity contribution in [1.82, 2.24) is 20.0 Å². The number of nitrogens with one attached hydrogen (secondary N) is 1. The maximum atomic E-state index is 12.7. The first-order chi connectivity index (χ1) is 12.1. The SMILES string of the molecule is Cc1n[nH]c(C)c1C(=O)N1CCN(Cc2ccc3c(c2)OCO3)CC1. The number of carbonyl (C=O) groups is 1. The summed E-state index contributed by atoms with van der Waals surface area (Å²) in [5.74, 6) is 1.70. The Morgan fingerprint density at radius 1 is 1.16 bits per heavy atom. The van der Waals surface area contributed by atoms with Crippen molar-refractivity contribution in [2.45, 2.75) is 20.4 Å². The number of amides is 1. The van der Waals surface area contributed by atoms with Crippen LogP contribution in [0.15, 0.2) is 18.2 Å². The van der Waals surface area contributed by atoms with Crippen LogP contribution < -0.4 is 9.47 Å². The number of aromatic amines is 1. The second-order valence-electron chi connectivity index (χ2n) is 6.56. The van der Waals surface area contributed by atoms with E-state index in [-0.39, 0.29) is 5.91 Å². The Kier molecular flexibility index (Phi) is 4.09. The Balaban J connectivity index is 1.36. The molecule has 25 heavy (non-hydrogen) atoms. The number of benzene rings is 1. The molecule has 0 aliphatic carbocycles. The highest BCUT2D eigenvalue weighted by Gasteiger charge is 2.26. The molecule has 2 aliphatic rings. The van der Waals surface area contributed by atoms with Crippen LogP contribution in [-0.4, -0.2) is 58.9 Å². The third-order valence-corrected chi connectivity index (χ3v) is 4.84. The summed E-state index contributed by atoms with van der Waals surface area (Å²) < 4.78 is 10.8. The molecule has 7 nitrogen and oxygen atoms in total. The van der Waals surface area contributed by atoms with Crippen LogP contribution in [0.5, 0.6) is 11.5 Å². The Bertz CT molecular complexity index is 774. The predicted octanol–water partition coefficient (Wildman–Crippen LogP) is 1.71. The molecular weight excluding hydrogens is 320 g/mol. The number of hydrogen-bond donors (Lipinski definition) is 1. The molecule has 0 atom stereocenters. The fourth-order valence-corrected chi connectivity index (χ4v) is 3.43. The first kappa shape index (κ1) is 16.0. The van der Waals surface area contributed by atoms with Crippen LogP contribution in [0.3, 0.4) is 0 Å². The second kappa shape index (κ2) is 6.40. The van der Waals surface area contributed by atoms with Crippen LogP contribution in [0, 0.1) is 13.8 Å². The molecule has 1 N–H and O–H groups in total. The minimum Gasteiger partial charge on any atom is -0.454 e. The van der Waals surface area contributed by atoms with Crippen molar-refractivity contribution in [1.29, 1.82) is 0 Å². The van der Waals surface area contributed by atoms with E-state index in [1.54, 1.807) is 0 Å². The molecule has 1 aromatic carbocycles. The van der Waals surface area contributed by atoms with Crippen LogP contribution in [0.25, 0.3) is 0 Å². The highest BCUT2D eigenvalue weighted by Crippen LogP contribution is 2.32. The minimum absolute atomic E-state index is 0.0754. The van der Waals surface area contributed by atoms with E-state index in [0.29, 0.717) is 12.4 Å². The maximum absolute atomic E-state index is 12.7. The van der Waals surface area contributed by atoms with Gasteiger partial charge in [-0.15, -0.1) is 0 Å². The van der Waals surface area contributed by atoms with E-state index in [1.807, 2.05) is 30.9 Å². The van der Waals surface area contributed by atoms with Crippen molar-refractivity contribution in [2.75, 3.05) is 33.0 Å². The number of rotatable bonds is 3. The summed E-state index contributed by atoms with van der Waals surface area (Å²) in [7, 11) is 0. The number of aryl methyl sites for hydroxylation is 2. The normalized spacial score (nSPS) is 17.1. The maximum Gasteiger partial charge on any atom is 0.257 e. The minimum atomic E-state index is 0.0754. The molecule has 0 radical (unpaired) electrons. The summed E-state index contributed by atoms with van der Waals surface area (Å²) in [6.07, 6.45) is 0. The highest BCUT2D eigenvalue weighted by atomic mass is 16.7. The van der Waals surface area contributed by atoms with Gasteiger partial charge in [0.05, 0.1) is 11.3 Å². The summed E-state index contributed by atoms with van der Waals surface area (Å²) in [6, 6.07) is 6.07. The van der Waals surface area contributed by atoms with Gasteiger partial charge in [-0.3, -0.25) is 14.8 Å². The van der Waals surface area contributed by atoms with Gasteiger partial charge in [0.2, 0.25) is 6.79 Å². The standard InChI is InChI=1S/C18H22N4O3/c1-12-17(13(2)20-19-12)18(23)22-7-5-21(6-8-22)10-14-3-4-15-16(9-14)25-11-24-15/h3-4,9H,5-8,10-11H2,1-2H3,(H,19,20). The monoisotopic (exact) mass is 342 g/mol. The second-order valence-corrected chi connectivity index (χ2v) is 6.56. The molecule has 132 valence electrons. The molecule has 2 aliphatic heterocycles. The molecule has 1 aromatic heterocycles. The first-order valence-corrected chi connectivity index (χ1v) is 8.53. The average Bonchev–Trinajstić information content (AvgIpc) is 3.21. The topological polar surface area (TPSA) is 70.7 Å². The van der Waals surface area contributed by atoms with Gasteiger partial charge in [0, 0.05) is 38.4 Å². The van der Waals surface area contributed by atoms with E-state index < -0.39 is 0 Å². The number of nitrogens with zero attached hydrogens (tertiary/aromatic N) is 3. The van der Waals surface area contributed by atoms with E-state index in [4.69, 9.17) is 9.47 Å². The number of carbonyl (C=O) groups excluding carboxylic acids is 1. The lowest BCUT2D eigenvalue weighted by molar-refractivity contribution is 0.0627. The molecule has 0 bridgehead atoms. The zero-order valence-electron chi connectivity index (χ0n) is 14.5. The van der Waals surface area contributed by atoms with Gasteiger partial charge in [-0.25, -0.2) is 0 Å². The van der Waals surface area contributed by atoms with Crippen molar-refractivity contribution in [2.24, 2.45) is 0 Å². The first-order valence-electron chi connectivity index (χ1n) is 8.53. The quantitative estimate of drug-likeness (QED) is 0.920. The molecule has 1 amide bonds. The molecule has 0 spiro atoms. The van der Waals surface area contributed by atoms with Crippen LogP contribution in [0.4, 0.5) is 0 Å². The molecule has 0 saturated carbocycles. The van der Waals surface area contributed by atoms with Gasteiger partial charge >= 0.3 is 0 Å². The third kappa shape index (κ3) is 3.07. The van der Waals surface area contributed by atoms with Gasteiger partial charge in [0.1, 0.15) is 0 Å². The molecule has 2 aromatic rings. The van der Waals surface area contributed by atoms with Gasteiger partial charge in [-0.1, -0.05) is 6.07 Å². The van der Waals surface area contributed by atoms with Gasteiger partial charge in [-0.2, -0.15) is 5.10 Å². The summed E-state index contributed by atoms with van der Waals surface area (Å²) in [6.45, 7) is 8.08.